The number of ether oxygens (including phenoxy) is 1. The SMILES string of the molecule is CCn1nc(COc2ccc(F)cc2C)c2ccccc21. The van der Waals surface area contributed by atoms with E-state index in [-0.39, 0.29) is 5.82 Å². The number of rotatable bonds is 4. The quantitative estimate of drug-likeness (QED) is 0.721. The van der Waals surface area contributed by atoms with Gasteiger partial charge < -0.3 is 4.74 Å². The maximum absolute atomic E-state index is 13.1. The van der Waals surface area contributed by atoms with Crippen molar-refractivity contribution in [3.8, 4) is 5.75 Å². The van der Waals surface area contributed by atoms with Crippen molar-refractivity contribution in [1.82, 2.24) is 9.78 Å². The molecule has 0 atom stereocenters. The number of nitrogens with zero attached hydrogens (tertiary/aromatic N) is 2. The third-order valence-corrected chi connectivity index (χ3v) is 3.54. The van der Waals surface area contributed by atoms with Crippen LogP contribution >= 0.6 is 0 Å². The van der Waals surface area contributed by atoms with E-state index in [1.165, 1.54) is 12.1 Å². The van der Waals surface area contributed by atoms with Crippen molar-refractivity contribution in [3.63, 3.8) is 0 Å². The first-order chi connectivity index (χ1) is 10.2. The number of para-hydroxylation sites is 1. The first kappa shape index (κ1) is 13.6. The predicted molar refractivity (Wildman–Crippen MR) is 80.9 cm³/mol. The number of aromatic nitrogens is 2. The lowest BCUT2D eigenvalue weighted by atomic mass is 10.2. The van der Waals surface area contributed by atoms with Gasteiger partial charge in [0, 0.05) is 11.9 Å². The second-order valence-corrected chi connectivity index (χ2v) is 4.98. The van der Waals surface area contributed by atoms with Crippen LogP contribution in [0, 0.1) is 12.7 Å². The Bertz CT molecular complexity index is 780. The number of halogens is 1. The monoisotopic (exact) mass is 284 g/mol. The van der Waals surface area contributed by atoms with Gasteiger partial charge >= 0.3 is 0 Å². The number of aryl methyl sites for hydroxylation is 2. The number of benzene rings is 2. The Morgan fingerprint density at radius 1 is 1.19 bits per heavy atom. The third-order valence-electron chi connectivity index (χ3n) is 3.54. The summed E-state index contributed by atoms with van der Waals surface area (Å²) in [6.07, 6.45) is 0. The van der Waals surface area contributed by atoms with Crippen molar-refractivity contribution < 1.29 is 9.13 Å². The summed E-state index contributed by atoms with van der Waals surface area (Å²) in [5, 5.41) is 5.68. The number of hydrogen-bond donors (Lipinski definition) is 0. The summed E-state index contributed by atoms with van der Waals surface area (Å²) in [5.41, 5.74) is 2.79. The van der Waals surface area contributed by atoms with Gasteiger partial charge in [-0.05, 0) is 43.7 Å². The lowest BCUT2D eigenvalue weighted by Gasteiger charge is -2.07. The molecule has 0 amide bonds. The van der Waals surface area contributed by atoms with E-state index in [2.05, 4.69) is 18.1 Å². The van der Waals surface area contributed by atoms with Crippen molar-refractivity contribution in [3.05, 3.63) is 59.5 Å². The Morgan fingerprint density at radius 2 is 2.00 bits per heavy atom. The van der Waals surface area contributed by atoms with E-state index in [0.29, 0.717) is 12.4 Å². The molecule has 2 aromatic carbocycles. The van der Waals surface area contributed by atoms with Crippen LogP contribution in [0.4, 0.5) is 4.39 Å². The van der Waals surface area contributed by atoms with Gasteiger partial charge in [0.1, 0.15) is 23.9 Å². The summed E-state index contributed by atoms with van der Waals surface area (Å²) in [4.78, 5) is 0. The minimum atomic E-state index is -0.249. The van der Waals surface area contributed by atoms with E-state index in [0.717, 1.165) is 28.7 Å². The maximum atomic E-state index is 13.1. The summed E-state index contributed by atoms with van der Waals surface area (Å²) in [6, 6.07) is 12.6. The Morgan fingerprint density at radius 3 is 2.76 bits per heavy atom. The van der Waals surface area contributed by atoms with Gasteiger partial charge in [-0.2, -0.15) is 5.10 Å². The highest BCUT2D eigenvalue weighted by Crippen LogP contribution is 2.23. The molecule has 0 N–H and O–H groups in total. The summed E-state index contributed by atoms with van der Waals surface area (Å²) >= 11 is 0. The molecular weight excluding hydrogens is 267 g/mol. The van der Waals surface area contributed by atoms with Crippen LogP contribution < -0.4 is 4.74 Å². The molecule has 21 heavy (non-hydrogen) atoms. The van der Waals surface area contributed by atoms with E-state index in [1.807, 2.05) is 29.8 Å². The van der Waals surface area contributed by atoms with Gasteiger partial charge in [0.15, 0.2) is 0 Å². The van der Waals surface area contributed by atoms with E-state index in [4.69, 9.17) is 4.74 Å². The highest BCUT2D eigenvalue weighted by atomic mass is 19.1. The minimum absolute atomic E-state index is 0.249. The first-order valence-corrected chi connectivity index (χ1v) is 7.02. The minimum Gasteiger partial charge on any atom is -0.487 e. The average Bonchev–Trinajstić information content (AvgIpc) is 2.85. The van der Waals surface area contributed by atoms with Gasteiger partial charge in [-0.15, -0.1) is 0 Å². The predicted octanol–water partition coefficient (Wildman–Crippen LogP) is 4.08. The average molecular weight is 284 g/mol. The van der Waals surface area contributed by atoms with E-state index >= 15 is 0 Å². The lowest BCUT2D eigenvalue weighted by Crippen LogP contribution is -2.01. The summed E-state index contributed by atoms with van der Waals surface area (Å²) in [6.45, 7) is 5.09. The third kappa shape index (κ3) is 2.61. The van der Waals surface area contributed by atoms with Gasteiger partial charge in [-0.25, -0.2) is 4.39 Å². The Kier molecular flexibility index (Phi) is 3.60. The molecule has 0 aliphatic heterocycles. The molecule has 3 rings (SSSR count). The van der Waals surface area contributed by atoms with Gasteiger partial charge in [0.05, 0.1) is 5.52 Å². The van der Waals surface area contributed by atoms with Crippen molar-refractivity contribution in [2.45, 2.75) is 27.0 Å². The fraction of sp³-hybridized carbons (Fsp3) is 0.235. The fourth-order valence-electron chi connectivity index (χ4n) is 2.46. The zero-order chi connectivity index (χ0) is 14.8. The summed E-state index contributed by atoms with van der Waals surface area (Å²) in [7, 11) is 0. The van der Waals surface area contributed by atoms with Crippen LogP contribution in [-0.2, 0) is 13.2 Å². The molecule has 0 saturated heterocycles. The molecular formula is C17H17FN2O. The molecule has 0 bridgehead atoms. The van der Waals surface area contributed by atoms with Crippen LogP contribution in [0.5, 0.6) is 5.75 Å². The van der Waals surface area contributed by atoms with E-state index < -0.39 is 0 Å². The normalized spacial score (nSPS) is 11.0. The molecule has 0 radical (unpaired) electrons. The van der Waals surface area contributed by atoms with Crippen LogP contribution in [0.15, 0.2) is 42.5 Å². The van der Waals surface area contributed by atoms with Crippen molar-refractivity contribution in [2.24, 2.45) is 0 Å². The molecule has 0 unspecified atom stereocenters. The summed E-state index contributed by atoms with van der Waals surface area (Å²) in [5.74, 6) is 0.437. The summed E-state index contributed by atoms with van der Waals surface area (Å²) < 4.78 is 20.9. The fourth-order valence-corrected chi connectivity index (χ4v) is 2.46. The van der Waals surface area contributed by atoms with Crippen molar-refractivity contribution in [2.75, 3.05) is 0 Å². The number of fused-ring (bicyclic) bond motifs is 1. The van der Waals surface area contributed by atoms with Crippen molar-refractivity contribution >= 4 is 10.9 Å². The maximum Gasteiger partial charge on any atom is 0.133 e. The second kappa shape index (κ2) is 5.56. The van der Waals surface area contributed by atoms with Gasteiger partial charge in [0.2, 0.25) is 0 Å². The lowest BCUT2D eigenvalue weighted by molar-refractivity contribution is 0.298. The van der Waals surface area contributed by atoms with Crippen LogP contribution in [0.2, 0.25) is 0 Å². The van der Waals surface area contributed by atoms with Crippen LogP contribution in [0.1, 0.15) is 18.2 Å². The van der Waals surface area contributed by atoms with Gasteiger partial charge in [-0.3, -0.25) is 4.68 Å². The van der Waals surface area contributed by atoms with Crippen LogP contribution in [-0.4, -0.2) is 9.78 Å². The molecule has 4 heteroatoms. The molecule has 3 aromatic rings. The van der Waals surface area contributed by atoms with E-state index in [1.54, 1.807) is 6.07 Å². The van der Waals surface area contributed by atoms with Gasteiger partial charge in [0.25, 0.3) is 0 Å². The molecule has 0 saturated carbocycles. The first-order valence-electron chi connectivity index (χ1n) is 7.02. The molecule has 0 aliphatic carbocycles. The topological polar surface area (TPSA) is 27.1 Å². The Balaban J connectivity index is 1.88. The highest BCUT2D eigenvalue weighted by molar-refractivity contribution is 5.81. The largest absolute Gasteiger partial charge is 0.487 e. The van der Waals surface area contributed by atoms with Gasteiger partial charge in [-0.1, -0.05) is 18.2 Å². The molecule has 0 aliphatic rings. The molecule has 0 fully saturated rings. The van der Waals surface area contributed by atoms with Crippen LogP contribution in [0.3, 0.4) is 0 Å². The van der Waals surface area contributed by atoms with Crippen molar-refractivity contribution in [1.29, 1.82) is 0 Å². The van der Waals surface area contributed by atoms with E-state index in [9.17, 15) is 4.39 Å². The standard InChI is InChI=1S/C17H17FN2O/c1-3-20-16-7-5-4-6-14(16)15(19-20)11-21-17-9-8-13(18)10-12(17)2/h4-10H,3,11H2,1-2H3. The molecule has 0 spiro atoms. The molecule has 1 heterocycles. The zero-order valence-corrected chi connectivity index (χ0v) is 12.1. The Labute approximate surface area is 123 Å². The molecule has 1 aromatic heterocycles. The zero-order valence-electron chi connectivity index (χ0n) is 12.1. The molecule has 3 nitrogen and oxygen atoms in total. The number of hydrogen-bond acceptors (Lipinski definition) is 2. The Hall–Kier alpha value is -2.36. The second-order valence-electron chi connectivity index (χ2n) is 4.98. The van der Waals surface area contributed by atoms with Crippen LogP contribution in [0.25, 0.3) is 10.9 Å². The molecule has 108 valence electrons. The smallest absolute Gasteiger partial charge is 0.133 e. The highest BCUT2D eigenvalue weighted by Gasteiger charge is 2.10.